The fraction of sp³-hybridized carbons (Fsp3) is 0.312. The first-order chi connectivity index (χ1) is 10.6. The van der Waals surface area contributed by atoms with Gasteiger partial charge in [0.25, 0.3) is 5.69 Å². The number of nitro groups is 1. The molecule has 2 heterocycles. The predicted octanol–water partition coefficient (Wildman–Crippen LogP) is 2.82. The van der Waals surface area contributed by atoms with Gasteiger partial charge in [-0.05, 0) is 30.5 Å². The van der Waals surface area contributed by atoms with Gasteiger partial charge in [-0.2, -0.15) is 0 Å². The average Bonchev–Trinajstić information content (AvgIpc) is 2.68. The zero-order valence-corrected chi connectivity index (χ0v) is 12.1. The van der Waals surface area contributed by atoms with Gasteiger partial charge in [0.15, 0.2) is 0 Å². The highest BCUT2D eigenvalue weighted by Gasteiger charge is 2.22. The summed E-state index contributed by atoms with van der Waals surface area (Å²) in [5.74, 6) is 0. The van der Waals surface area contributed by atoms with Crippen LogP contribution < -0.4 is 4.90 Å². The summed E-state index contributed by atoms with van der Waals surface area (Å²) in [4.78, 5) is 16.8. The van der Waals surface area contributed by atoms with Crippen LogP contribution in [0.4, 0.5) is 11.4 Å². The van der Waals surface area contributed by atoms with E-state index in [4.69, 9.17) is 0 Å². The molecule has 22 heavy (non-hydrogen) atoms. The van der Waals surface area contributed by atoms with E-state index in [2.05, 4.69) is 9.88 Å². The Morgan fingerprint density at radius 3 is 2.82 bits per heavy atom. The minimum absolute atomic E-state index is 0.0945. The Morgan fingerprint density at radius 1 is 1.32 bits per heavy atom. The predicted molar refractivity (Wildman–Crippen MR) is 82.6 cm³/mol. The summed E-state index contributed by atoms with van der Waals surface area (Å²) in [5, 5.41) is 20.9. The van der Waals surface area contributed by atoms with Crippen molar-refractivity contribution in [3.05, 3.63) is 64.0 Å². The van der Waals surface area contributed by atoms with E-state index in [-0.39, 0.29) is 5.69 Å². The topological polar surface area (TPSA) is 79.5 Å². The SMILES string of the molecule is O=[N+]([O-])c1ccc(CN2CCCC(O)c3ncccc32)cc1. The Morgan fingerprint density at radius 2 is 2.09 bits per heavy atom. The molecule has 0 saturated heterocycles. The first kappa shape index (κ1) is 14.5. The molecule has 0 amide bonds. The Kier molecular flexibility index (Phi) is 4.02. The molecular formula is C16H17N3O3. The average molecular weight is 299 g/mol. The van der Waals surface area contributed by atoms with Gasteiger partial charge in [0.05, 0.1) is 22.4 Å². The number of hydrogen-bond acceptors (Lipinski definition) is 5. The smallest absolute Gasteiger partial charge is 0.269 e. The maximum Gasteiger partial charge on any atom is 0.269 e. The molecule has 6 nitrogen and oxygen atoms in total. The third-order valence-corrected chi connectivity index (χ3v) is 3.90. The lowest BCUT2D eigenvalue weighted by atomic mass is 10.1. The largest absolute Gasteiger partial charge is 0.387 e. The second-order valence-electron chi connectivity index (χ2n) is 5.41. The Bertz CT molecular complexity index is 673. The van der Waals surface area contributed by atoms with E-state index in [1.54, 1.807) is 18.3 Å². The summed E-state index contributed by atoms with van der Waals surface area (Å²) in [6.45, 7) is 1.47. The molecular weight excluding hydrogens is 282 g/mol. The molecule has 0 bridgehead atoms. The molecule has 1 N–H and O–H groups in total. The molecule has 1 unspecified atom stereocenters. The number of aliphatic hydroxyl groups excluding tert-OH is 1. The monoisotopic (exact) mass is 299 g/mol. The lowest BCUT2D eigenvalue weighted by molar-refractivity contribution is -0.384. The van der Waals surface area contributed by atoms with Gasteiger partial charge < -0.3 is 10.0 Å². The van der Waals surface area contributed by atoms with E-state index in [0.717, 1.165) is 24.2 Å². The number of benzene rings is 1. The van der Waals surface area contributed by atoms with Crippen LogP contribution in [0.25, 0.3) is 0 Å². The number of nitro benzene ring substituents is 1. The highest BCUT2D eigenvalue weighted by molar-refractivity contribution is 5.52. The van der Waals surface area contributed by atoms with E-state index >= 15 is 0 Å². The molecule has 1 aliphatic rings. The fourth-order valence-corrected chi connectivity index (χ4v) is 2.77. The summed E-state index contributed by atoms with van der Waals surface area (Å²) in [6.07, 6.45) is 2.74. The van der Waals surface area contributed by atoms with Gasteiger partial charge >= 0.3 is 0 Å². The first-order valence-electron chi connectivity index (χ1n) is 7.26. The molecule has 0 spiro atoms. The molecule has 1 atom stereocenters. The third kappa shape index (κ3) is 2.92. The standard InChI is InChI=1S/C16H17N3O3/c20-15-4-2-10-18(14-3-1-9-17-16(14)15)11-12-5-7-13(8-6-12)19(21)22/h1,3,5-9,15,20H,2,4,10-11H2. The summed E-state index contributed by atoms with van der Waals surface area (Å²) in [7, 11) is 0. The van der Waals surface area contributed by atoms with Gasteiger partial charge in [-0.25, -0.2) is 0 Å². The molecule has 1 aliphatic heterocycles. The minimum Gasteiger partial charge on any atom is -0.387 e. The summed E-state index contributed by atoms with van der Waals surface area (Å²) in [5.41, 5.74) is 2.74. The maximum absolute atomic E-state index is 10.7. The van der Waals surface area contributed by atoms with Crippen molar-refractivity contribution in [1.82, 2.24) is 4.98 Å². The van der Waals surface area contributed by atoms with E-state index < -0.39 is 11.0 Å². The Labute approximate surface area is 128 Å². The van der Waals surface area contributed by atoms with Gasteiger partial charge in [-0.15, -0.1) is 0 Å². The number of hydrogen-bond donors (Lipinski definition) is 1. The summed E-state index contributed by atoms with van der Waals surface area (Å²) >= 11 is 0. The zero-order chi connectivity index (χ0) is 15.5. The van der Waals surface area contributed by atoms with E-state index in [9.17, 15) is 15.2 Å². The minimum atomic E-state index is -0.530. The van der Waals surface area contributed by atoms with Crippen LogP contribution in [0.1, 0.15) is 30.2 Å². The number of fused-ring (bicyclic) bond motifs is 1. The van der Waals surface area contributed by atoms with Crippen molar-refractivity contribution in [3.8, 4) is 0 Å². The van der Waals surface area contributed by atoms with E-state index in [1.165, 1.54) is 12.1 Å². The van der Waals surface area contributed by atoms with Crippen molar-refractivity contribution in [2.75, 3.05) is 11.4 Å². The van der Waals surface area contributed by atoms with Gasteiger partial charge in [0, 0.05) is 31.4 Å². The van der Waals surface area contributed by atoms with Gasteiger partial charge in [0.2, 0.25) is 0 Å². The lowest BCUT2D eigenvalue weighted by Gasteiger charge is -2.24. The van der Waals surface area contributed by atoms with Crippen LogP contribution in [-0.2, 0) is 6.54 Å². The number of anilines is 1. The van der Waals surface area contributed by atoms with Crippen molar-refractivity contribution in [2.24, 2.45) is 0 Å². The Hall–Kier alpha value is -2.47. The number of aliphatic hydroxyl groups is 1. The van der Waals surface area contributed by atoms with Crippen LogP contribution in [0.5, 0.6) is 0 Å². The number of non-ortho nitro benzene ring substituents is 1. The molecule has 0 saturated carbocycles. The highest BCUT2D eigenvalue weighted by Crippen LogP contribution is 2.31. The summed E-state index contributed by atoms with van der Waals surface area (Å²) in [6, 6.07) is 10.4. The molecule has 6 heteroatoms. The molecule has 3 rings (SSSR count). The number of aromatic nitrogens is 1. The first-order valence-corrected chi connectivity index (χ1v) is 7.26. The molecule has 0 radical (unpaired) electrons. The van der Waals surface area contributed by atoms with Crippen molar-refractivity contribution in [2.45, 2.75) is 25.5 Å². The molecule has 1 aromatic heterocycles. The van der Waals surface area contributed by atoms with Crippen LogP contribution in [0.3, 0.4) is 0 Å². The maximum atomic E-state index is 10.7. The fourth-order valence-electron chi connectivity index (χ4n) is 2.77. The van der Waals surface area contributed by atoms with Crippen molar-refractivity contribution < 1.29 is 10.0 Å². The molecule has 0 aliphatic carbocycles. The van der Waals surface area contributed by atoms with Crippen molar-refractivity contribution in [3.63, 3.8) is 0 Å². The Balaban J connectivity index is 1.85. The highest BCUT2D eigenvalue weighted by atomic mass is 16.6. The normalized spacial score (nSPS) is 17.7. The van der Waals surface area contributed by atoms with Gasteiger partial charge in [-0.1, -0.05) is 12.1 Å². The summed E-state index contributed by atoms with van der Waals surface area (Å²) < 4.78 is 0. The van der Waals surface area contributed by atoms with Crippen molar-refractivity contribution >= 4 is 11.4 Å². The number of rotatable bonds is 3. The van der Waals surface area contributed by atoms with Crippen LogP contribution in [0.2, 0.25) is 0 Å². The lowest BCUT2D eigenvalue weighted by Crippen LogP contribution is -2.23. The number of nitrogens with zero attached hydrogens (tertiary/aromatic N) is 3. The van der Waals surface area contributed by atoms with Crippen LogP contribution in [0.15, 0.2) is 42.6 Å². The van der Waals surface area contributed by atoms with E-state index in [1.807, 2.05) is 12.1 Å². The van der Waals surface area contributed by atoms with Crippen LogP contribution in [-0.4, -0.2) is 21.6 Å². The number of pyridine rings is 1. The molecule has 114 valence electrons. The molecule has 2 aromatic rings. The van der Waals surface area contributed by atoms with Gasteiger partial charge in [0.1, 0.15) is 0 Å². The quantitative estimate of drug-likeness (QED) is 0.696. The molecule has 0 fully saturated rings. The van der Waals surface area contributed by atoms with Crippen LogP contribution in [0, 0.1) is 10.1 Å². The molecule has 1 aromatic carbocycles. The van der Waals surface area contributed by atoms with E-state index in [0.29, 0.717) is 18.7 Å². The second kappa shape index (κ2) is 6.11. The second-order valence-corrected chi connectivity index (χ2v) is 5.41. The van der Waals surface area contributed by atoms with Gasteiger partial charge in [-0.3, -0.25) is 15.1 Å². The van der Waals surface area contributed by atoms with Crippen molar-refractivity contribution in [1.29, 1.82) is 0 Å². The third-order valence-electron chi connectivity index (χ3n) is 3.90. The van der Waals surface area contributed by atoms with Crippen LogP contribution >= 0.6 is 0 Å². The zero-order valence-electron chi connectivity index (χ0n) is 12.1.